The average Bonchev–Trinajstić information content (AvgIpc) is 3.29. The van der Waals surface area contributed by atoms with E-state index in [1.165, 1.54) is 16.9 Å². The topological polar surface area (TPSA) is 79.8 Å². The molecule has 1 amide bonds. The molecule has 9 heteroatoms. The highest BCUT2D eigenvalue weighted by molar-refractivity contribution is 7.91. The molecule has 2 aromatic carbocycles. The zero-order valence-corrected chi connectivity index (χ0v) is 21.1. The van der Waals surface area contributed by atoms with E-state index >= 15 is 0 Å². The summed E-state index contributed by atoms with van der Waals surface area (Å²) < 4.78 is 31.9. The van der Waals surface area contributed by atoms with Crippen molar-refractivity contribution in [2.45, 2.75) is 31.1 Å². The van der Waals surface area contributed by atoms with Crippen LogP contribution in [0.5, 0.6) is 0 Å². The average molecular weight is 502 g/mol. The fourth-order valence-corrected chi connectivity index (χ4v) is 6.32. The number of morpholine rings is 1. The number of hydrogen-bond acceptors (Lipinski definition) is 7. The van der Waals surface area contributed by atoms with Crippen LogP contribution in [0.3, 0.4) is 0 Å². The highest BCUT2D eigenvalue weighted by Crippen LogP contribution is 2.30. The van der Waals surface area contributed by atoms with E-state index in [4.69, 9.17) is 9.72 Å². The van der Waals surface area contributed by atoms with Crippen LogP contribution >= 0.6 is 11.3 Å². The number of anilines is 1. The van der Waals surface area contributed by atoms with Crippen LogP contribution in [0.15, 0.2) is 53.4 Å². The second kappa shape index (κ2) is 11.4. The predicted molar refractivity (Wildman–Crippen MR) is 136 cm³/mol. The number of aryl methyl sites for hydroxylation is 1. The van der Waals surface area contributed by atoms with Gasteiger partial charge in [-0.3, -0.25) is 14.6 Å². The number of thiazole rings is 1. The first-order valence-corrected chi connectivity index (χ1v) is 14.2. The Bertz CT molecular complexity index is 1210. The summed E-state index contributed by atoms with van der Waals surface area (Å²) in [5.41, 5.74) is 2.09. The number of ether oxygens (including phenoxy) is 1. The Hall–Kier alpha value is -2.33. The number of carbonyl (C=O) groups excluding carboxylic acids is 1. The maximum Gasteiger partial charge on any atom is 0.229 e. The summed E-state index contributed by atoms with van der Waals surface area (Å²) in [7, 11) is -3.53. The SMILES string of the molecule is CCc1ccc2nc(N(CCCN3CCOCC3)C(=O)CCS(=O)(=O)c3ccccc3)sc2c1. The van der Waals surface area contributed by atoms with Crippen LogP contribution in [0.4, 0.5) is 5.13 Å². The first kappa shape index (κ1) is 24.8. The van der Waals surface area contributed by atoms with Gasteiger partial charge in [0.05, 0.1) is 34.1 Å². The van der Waals surface area contributed by atoms with Crippen molar-refractivity contribution in [2.75, 3.05) is 50.0 Å². The van der Waals surface area contributed by atoms with Crippen LogP contribution in [0.2, 0.25) is 0 Å². The van der Waals surface area contributed by atoms with Crippen molar-refractivity contribution in [1.29, 1.82) is 0 Å². The maximum absolute atomic E-state index is 13.3. The number of benzene rings is 2. The zero-order valence-electron chi connectivity index (χ0n) is 19.5. The summed E-state index contributed by atoms with van der Waals surface area (Å²) >= 11 is 1.49. The molecule has 4 rings (SSSR count). The van der Waals surface area contributed by atoms with Crippen LogP contribution in [0.25, 0.3) is 10.2 Å². The zero-order chi connectivity index (χ0) is 24.0. The van der Waals surface area contributed by atoms with E-state index in [1.54, 1.807) is 35.2 Å². The summed E-state index contributed by atoms with van der Waals surface area (Å²) in [6, 6.07) is 14.5. The molecule has 0 saturated carbocycles. The predicted octanol–water partition coefficient (Wildman–Crippen LogP) is 3.78. The van der Waals surface area contributed by atoms with Crippen molar-refractivity contribution >= 4 is 42.4 Å². The molecule has 1 saturated heterocycles. The lowest BCUT2D eigenvalue weighted by Crippen LogP contribution is -2.39. The first-order valence-electron chi connectivity index (χ1n) is 11.7. The largest absolute Gasteiger partial charge is 0.379 e. The van der Waals surface area contributed by atoms with Gasteiger partial charge < -0.3 is 4.74 Å². The second-order valence-electron chi connectivity index (χ2n) is 8.39. The van der Waals surface area contributed by atoms with Crippen molar-refractivity contribution < 1.29 is 17.9 Å². The third-order valence-electron chi connectivity index (χ3n) is 6.03. The molecule has 182 valence electrons. The molecule has 0 radical (unpaired) electrons. The van der Waals surface area contributed by atoms with Gasteiger partial charge in [-0.15, -0.1) is 0 Å². The molecule has 0 aliphatic carbocycles. The summed E-state index contributed by atoms with van der Waals surface area (Å²) in [5, 5.41) is 0.632. The third kappa shape index (κ3) is 6.21. The van der Waals surface area contributed by atoms with Crippen molar-refractivity contribution in [3.8, 4) is 0 Å². The number of amides is 1. The number of rotatable bonds is 10. The molecule has 0 spiro atoms. The van der Waals surface area contributed by atoms with Crippen LogP contribution in [-0.4, -0.2) is 69.4 Å². The lowest BCUT2D eigenvalue weighted by Gasteiger charge is -2.27. The minimum absolute atomic E-state index is 0.0785. The van der Waals surface area contributed by atoms with Crippen molar-refractivity contribution in [1.82, 2.24) is 9.88 Å². The second-order valence-corrected chi connectivity index (χ2v) is 11.5. The fourth-order valence-electron chi connectivity index (χ4n) is 4.00. The monoisotopic (exact) mass is 501 g/mol. The number of sulfone groups is 1. The Morgan fingerprint density at radius 2 is 1.91 bits per heavy atom. The molecule has 0 bridgehead atoms. The van der Waals surface area contributed by atoms with Crippen LogP contribution in [0, 0.1) is 0 Å². The number of nitrogens with zero attached hydrogens (tertiary/aromatic N) is 3. The molecule has 1 aliphatic rings. The molecular formula is C25H31N3O4S2. The molecule has 0 N–H and O–H groups in total. The Labute approximate surface area is 205 Å². The molecule has 1 fully saturated rings. The van der Waals surface area contributed by atoms with E-state index in [-0.39, 0.29) is 23.0 Å². The minimum Gasteiger partial charge on any atom is -0.379 e. The quantitative estimate of drug-likeness (QED) is 0.421. The molecule has 1 aromatic heterocycles. The molecule has 34 heavy (non-hydrogen) atoms. The molecule has 0 unspecified atom stereocenters. The molecule has 7 nitrogen and oxygen atoms in total. The van der Waals surface area contributed by atoms with E-state index in [2.05, 4.69) is 24.0 Å². The highest BCUT2D eigenvalue weighted by atomic mass is 32.2. The summed E-state index contributed by atoms with van der Waals surface area (Å²) in [4.78, 5) is 22.3. The summed E-state index contributed by atoms with van der Waals surface area (Å²) in [5.74, 6) is -0.433. The summed E-state index contributed by atoms with van der Waals surface area (Å²) in [6.45, 7) is 6.73. The minimum atomic E-state index is -3.53. The van der Waals surface area contributed by atoms with Crippen molar-refractivity contribution in [2.24, 2.45) is 0 Å². The lowest BCUT2D eigenvalue weighted by atomic mass is 10.2. The third-order valence-corrected chi connectivity index (χ3v) is 8.80. The van der Waals surface area contributed by atoms with E-state index in [9.17, 15) is 13.2 Å². The van der Waals surface area contributed by atoms with E-state index < -0.39 is 9.84 Å². The van der Waals surface area contributed by atoms with E-state index in [0.717, 1.165) is 55.9 Å². The Balaban J connectivity index is 1.49. The standard InChI is InChI=1S/C25H31N3O4S2/c1-2-20-9-10-22-23(19-20)33-25(26-22)28(13-6-12-27-14-16-32-17-15-27)24(29)11-18-34(30,31)21-7-4-3-5-8-21/h3-5,7-10,19H,2,6,11-18H2,1H3. The van der Waals surface area contributed by atoms with Gasteiger partial charge in [-0.25, -0.2) is 13.4 Å². The maximum atomic E-state index is 13.3. The van der Waals surface area contributed by atoms with Gasteiger partial charge in [0.1, 0.15) is 0 Å². The number of fused-ring (bicyclic) bond motifs is 1. The Morgan fingerprint density at radius 3 is 2.65 bits per heavy atom. The van der Waals surface area contributed by atoms with Gasteiger partial charge in [-0.1, -0.05) is 42.5 Å². The molecule has 1 aliphatic heterocycles. The Kier molecular flexibility index (Phi) is 8.31. The van der Waals surface area contributed by atoms with Gasteiger partial charge >= 0.3 is 0 Å². The van der Waals surface area contributed by atoms with Gasteiger partial charge in [0.15, 0.2) is 15.0 Å². The first-order chi connectivity index (χ1) is 16.5. The van der Waals surface area contributed by atoms with Gasteiger partial charge in [0, 0.05) is 32.6 Å². The highest BCUT2D eigenvalue weighted by Gasteiger charge is 2.23. The smallest absolute Gasteiger partial charge is 0.229 e. The van der Waals surface area contributed by atoms with Gasteiger partial charge in [-0.05, 0) is 42.7 Å². The normalized spacial score (nSPS) is 15.0. The number of hydrogen-bond donors (Lipinski definition) is 0. The number of carbonyl (C=O) groups is 1. The van der Waals surface area contributed by atoms with Crippen LogP contribution in [0.1, 0.15) is 25.3 Å². The van der Waals surface area contributed by atoms with Crippen molar-refractivity contribution in [3.05, 3.63) is 54.1 Å². The Morgan fingerprint density at radius 1 is 1.15 bits per heavy atom. The van der Waals surface area contributed by atoms with Gasteiger partial charge in [-0.2, -0.15) is 0 Å². The molecule has 2 heterocycles. The van der Waals surface area contributed by atoms with E-state index in [0.29, 0.717) is 11.7 Å². The lowest BCUT2D eigenvalue weighted by molar-refractivity contribution is -0.118. The fraction of sp³-hybridized carbons (Fsp3) is 0.440. The van der Waals surface area contributed by atoms with Crippen molar-refractivity contribution in [3.63, 3.8) is 0 Å². The van der Waals surface area contributed by atoms with E-state index in [1.807, 2.05) is 6.07 Å². The van der Waals surface area contributed by atoms with Gasteiger partial charge in [0.25, 0.3) is 0 Å². The van der Waals surface area contributed by atoms with Gasteiger partial charge in [0.2, 0.25) is 5.91 Å². The summed E-state index contributed by atoms with van der Waals surface area (Å²) in [6.07, 6.45) is 1.64. The molecule has 0 atom stereocenters. The van der Waals surface area contributed by atoms with Crippen LogP contribution < -0.4 is 4.90 Å². The molecule has 3 aromatic rings. The molecular weight excluding hydrogens is 470 g/mol. The number of aromatic nitrogens is 1. The van der Waals surface area contributed by atoms with Crippen LogP contribution in [-0.2, 0) is 25.8 Å².